The number of aryl methyl sites for hydroxylation is 3. The van der Waals surface area contributed by atoms with Gasteiger partial charge in [0.05, 0.1) is 12.8 Å². The van der Waals surface area contributed by atoms with E-state index >= 15 is 0 Å². The van der Waals surface area contributed by atoms with Crippen LogP contribution in [0.5, 0.6) is 5.75 Å². The molecule has 0 spiro atoms. The van der Waals surface area contributed by atoms with E-state index in [0.29, 0.717) is 23.7 Å². The van der Waals surface area contributed by atoms with Gasteiger partial charge in [-0.25, -0.2) is 4.79 Å². The molecular formula is C17H19N5O3. The van der Waals surface area contributed by atoms with Gasteiger partial charge in [0, 0.05) is 20.1 Å². The second-order valence-corrected chi connectivity index (χ2v) is 6.23. The van der Waals surface area contributed by atoms with Crippen LogP contribution in [0.1, 0.15) is 12.0 Å². The number of anilines is 2. The van der Waals surface area contributed by atoms with E-state index in [1.54, 1.807) is 14.2 Å². The number of benzene rings is 1. The zero-order valence-electron chi connectivity index (χ0n) is 14.4. The number of aromatic nitrogens is 4. The molecule has 3 heterocycles. The van der Waals surface area contributed by atoms with Crippen LogP contribution in [0.25, 0.3) is 11.2 Å². The van der Waals surface area contributed by atoms with Crippen molar-refractivity contribution in [3.8, 4) is 5.75 Å². The molecule has 0 saturated heterocycles. The Labute approximate surface area is 143 Å². The van der Waals surface area contributed by atoms with Gasteiger partial charge in [-0.3, -0.25) is 14.3 Å². The van der Waals surface area contributed by atoms with Gasteiger partial charge in [0.2, 0.25) is 5.95 Å². The van der Waals surface area contributed by atoms with Gasteiger partial charge in [-0.1, -0.05) is 6.07 Å². The van der Waals surface area contributed by atoms with Crippen molar-refractivity contribution in [2.75, 3.05) is 18.6 Å². The maximum Gasteiger partial charge on any atom is 0.329 e. The normalized spacial score (nSPS) is 14.0. The molecule has 1 aromatic carbocycles. The average Bonchev–Trinajstić information content (AvgIpc) is 3.00. The standard InChI is InChI=1S/C17H19N5O3/c1-10-5-6-12(25-3)11(9-10)21-7-4-8-22-13-14(18-16(21)22)20(2)17(24)19-15(13)23/h5-6,9H,4,7-8H2,1-3H3,(H,19,23,24). The van der Waals surface area contributed by atoms with E-state index in [0.717, 1.165) is 30.0 Å². The van der Waals surface area contributed by atoms with Gasteiger partial charge in [0.25, 0.3) is 5.56 Å². The van der Waals surface area contributed by atoms with Crippen molar-refractivity contribution in [2.24, 2.45) is 7.05 Å². The molecule has 8 nitrogen and oxygen atoms in total. The van der Waals surface area contributed by atoms with Crippen LogP contribution >= 0.6 is 0 Å². The Balaban J connectivity index is 2.01. The summed E-state index contributed by atoms with van der Waals surface area (Å²) < 4.78 is 8.75. The summed E-state index contributed by atoms with van der Waals surface area (Å²) in [5.74, 6) is 1.39. The molecule has 2 aromatic heterocycles. The number of aromatic amines is 1. The lowest BCUT2D eigenvalue weighted by Crippen LogP contribution is -2.31. The predicted molar refractivity (Wildman–Crippen MR) is 94.9 cm³/mol. The molecule has 1 N–H and O–H groups in total. The Morgan fingerprint density at radius 1 is 1.24 bits per heavy atom. The number of H-pyrrole nitrogens is 1. The van der Waals surface area contributed by atoms with Crippen molar-refractivity contribution in [2.45, 2.75) is 19.9 Å². The molecule has 4 rings (SSSR count). The van der Waals surface area contributed by atoms with Gasteiger partial charge in [-0.2, -0.15) is 4.98 Å². The molecular weight excluding hydrogens is 322 g/mol. The number of methoxy groups -OCH3 is 1. The molecule has 0 unspecified atom stereocenters. The fourth-order valence-electron chi connectivity index (χ4n) is 3.37. The molecule has 1 aliphatic heterocycles. The highest BCUT2D eigenvalue weighted by Gasteiger charge is 2.27. The average molecular weight is 341 g/mol. The van der Waals surface area contributed by atoms with E-state index in [-0.39, 0.29) is 0 Å². The van der Waals surface area contributed by atoms with Crippen LogP contribution < -0.4 is 20.9 Å². The molecule has 1 aliphatic rings. The predicted octanol–water partition coefficient (Wildman–Crippen LogP) is 1.28. The second kappa shape index (κ2) is 5.51. The molecule has 0 aliphatic carbocycles. The summed E-state index contributed by atoms with van der Waals surface area (Å²) in [4.78, 5) is 33.2. The molecule has 0 amide bonds. The van der Waals surface area contributed by atoms with Crippen molar-refractivity contribution in [3.63, 3.8) is 0 Å². The fraction of sp³-hybridized carbons (Fsp3) is 0.353. The number of fused-ring (bicyclic) bond motifs is 3. The SMILES string of the molecule is COc1ccc(C)cc1N1CCCn2c1nc1c2c(=O)[nH]c(=O)n1C. The van der Waals surface area contributed by atoms with Crippen LogP contribution in [0.4, 0.5) is 11.6 Å². The van der Waals surface area contributed by atoms with E-state index in [1.165, 1.54) is 4.57 Å². The van der Waals surface area contributed by atoms with E-state index in [1.807, 2.05) is 34.6 Å². The molecule has 0 fully saturated rings. The Bertz CT molecular complexity index is 1090. The summed E-state index contributed by atoms with van der Waals surface area (Å²) in [6, 6.07) is 5.95. The van der Waals surface area contributed by atoms with Crippen molar-refractivity contribution < 1.29 is 4.74 Å². The zero-order valence-corrected chi connectivity index (χ0v) is 14.4. The summed E-state index contributed by atoms with van der Waals surface area (Å²) >= 11 is 0. The Morgan fingerprint density at radius 2 is 2.04 bits per heavy atom. The summed E-state index contributed by atoms with van der Waals surface area (Å²) in [7, 11) is 3.24. The minimum Gasteiger partial charge on any atom is -0.495 e. The quantitative estimate of drug-likeness (QED) is 0.759. The monoisotopic (exact) mass is 341 g/mol. The Morgan fingerprint density at radius 3 is 2.80 bits per heavy atom. The van der Waals surface area contributed by atoms with Gasteiger partial charge in [0.1, 0.15) is 5.75 Å². The van der Waals surface area contributed by atoms with E-state index in [9.17, 15) is 9.59 Å². The first kappa shape index (κ1) is 15.5. The van der Waals surface area contributed by atoms with Gasteiger partial charge < -0.3 is 14.2 Å². The number of nitrogens with one attached hydrogen (secondary N) is 1. The highest BCUT2D eigenvalue weighted by atomic mass is 16.5. The Kier molecular flexibility index (Phi) is 3.41. The second-order valence-electron chi connectivity index (χ2n) is 6.23. The molecule has 0 bridgehead atoms. The van der Waals surface area contributed by atoms with Crippen LogP contribution in [0.15, 0.2) is 27.8 Å². The molecule has 3 aromatic rings. The first-order chi connectivity index (χ1) is 12.0. The van der Waals surface area contributed by atoms with Crippen molar-refractivity contribution in [1.29, 1.82) is 0 Å². The molecule has 130 valence electrons. The van der Waals surface area contributed by atoms with Gasteiger partial charge in [0.15, 0.2) is 11.2 Å². The number of hydrogen-bond acceptors (Lipinski definition) is 5. The number of rotatable bonds is 2. The van der Waals surface area contributed by atoms with Crippen LogP contribution in [-0.2, 0) is 13.6 Å². The molecule has 25 heavy (non-hydrogen) atoms. The summed E-state index contributed by atoms with van der Waals surface area (Å²) in [5, 5.41) is 0. The number of hydrogen-bond donors (Lipinski definition) is 1. The van der Waals surface area contributed by atoms with Gasteiger partial charge in [-0.05, 0) is 31.0 Å². The lowest BCUT2D eigenvalue weighted by Gasteiger charge is -2.30. The highest BCUT2D eigenvalue weighted by molar-refractivity contribution is 5.78. The van der Waals surface area contributed by atoms with Crippen molar-refractivity contribution in [3.05, 3.63) is 44.6 Å². The van der Waals surface area contributed by atoms with E-state index < -0.39 is 11.2 Å². The lowest BCUT2D eigenvalue weighted by molar-refractivity contribution is 0.414. The van der Waals surface area contributed by atoms with Crippen molar-refractivity contribution >= 4 is 22.8 Å². The third kappa shape index (κ3) is 2.25. The first-order valence-corrected chi connectivity index (χ1v) is 8.13. The van der Waals surface area contributed by atoms with Crippen LogP contribution in [0, 0.1) is 6.92 Å². The first-order valence-electron chi connectivity index (χ1n) is 8.13. The molecule has 8 heteroatoms. The van der Waals surface area contributed by atoms with Crippen molar-refractivity contribution in [1.82, 2.24) is 19.1 Å². The third-order valence-corrected chi connectivity index (χ3v) is 4.62. The molecule has 0 saturated carbocycles. The maximum absolute atomic E-state index is 12.3. The smallest absolute Gasteiger partial charge is 0.329 e. The van der Waals surface area contributed by atoms with Gasteiger partial charge >= 0.3 is 5.69 Å². The van der Waals surface area contributed by atoms with Crippen LogP contribution in [0.2, 0.25) is 0 Å². The topological polar surface area (TPSA) is 85.2 Å². The number of nitrogens with zero attached hydrogens (tertiary/aromatic N) is 4. The minimum atomic E-state index is -0.465. The summed E-state index contributed by atoms with van der Waals surface area (Å²) in [5.41, 5.74) is 1.95. The van der Waals surface area contributed by atoms with E-state index in [2.05, 4.69) is 9.97 Å². The zero-order chi connectivity index (χ0) is 17.7. The lowest BCUT2D eigenvalue weighted by atomic mass is 10.1. The fourth-order valence-corrected chi connectivity index (χ4v) is 3.37. The summed E-state index contributed by atoms with van der Waals surface area (Å²) in [6.07, 6.45) is 0.859. The third-order valence-electron chi connectivity index (χ3n) is 4.62. The van der Waals surface area contributed by atoms with Crippen LogP contribution in [0.3, 0.4) is 0 Å². The van der Waals surface area contributed by atoms with Crippen LogP contribution in [-0.4, -0.2) is 32.8 Å². The summed E-state index contributed by atoms with van der Waals surface area (Å²) in [6.45, 7) is 3.46. The van der Waals surface area contributed by atoms with Gasteiger partial charge in [-0.15, -0.1) is 0 Å². The molecule has 0 radical (unpaired) electrons. The maximum atomic E-state index is 12.3. The highest BCUT2D eigenvalue weighted by Crippen LogP contribution is 2.37. The number of ether oxygens (including phenoxy) is 1. The number of imidazole rings is 1. The van der Waals surface area contributed by atoms with E-state index in [4.69, 9.17) is 4.74 Å². The largest absolute Gasteiger partial charge is 0.495 e. The minimum absolute atomic E-state index is 0.391. The molecule has 0 atom stereocenters. The Hall–Kier alpha value is -3.03.